The zero-order valence-corrected chi connectivity index (χ0v) is 10.8. The lowest BCUT2D eigenvalue weighted by molar-refractivity contribution is -0.119. The molecule has 2 rings (SSSR count). The number of methoxy groups -OCH3 is 1. The molecule has 1 heterocycles. The SMILES string of the molecule is COc1c(C2SC(=O)NC2=O)ccc(Cl)c1C. The second-order valence-corrected chi connectivity index (χ2v) is 5.05. The van der Waals surface area contributed by atoms with E-state index in [9.17, 15) is 9.59 Å². The first-order chi connectivity index (χ1) is 8.04. The first-order valence-electron chi connectivity index (χ1n) is 4.89. The van der Waals surface area contributed by atoms with Crippen molar-refractivity contribution < 1.29 is 14.3 Å². The van der Waals surface area contributed by atoms with E-state index in [1.54, 1.807) is 12.1 Å². The predicted octanol–water partition coefficient (Wildman–Crippen LogP) is 2.68. The van der Waals surface area contributed by atoms with Gasteiger partial charge in [-0.15, -0.1) is 0 Å². The van der Waals surface area contributed by atoms with Gasteiger partial charge in [-0.05, 0) is 24.8 Å². The van der Waals surface area contributed by atoms with Crippen LogP contribution >= 0.6 is 23.4 Å². The summed E-state index contributed by atoms with van der Waals surface area (Å²) in [5.74, 6) is 0.236. The molecule has 0 spiro atoms. The first-order valence-corrected chi connectivity index (χ1v) is 6.15. The average Bonchev–Trinajstić information content (AvgIpc) is 2.61. The zero-order valence-electron chi connectivity index (χ0n) is 9.24. The van der Waals surface area contributed by atoms with Crippen LogP contribution in [0.3, 0.4) is 0 Å². The third kappa shape index (κ3) is 2.12. The maximum absolute atomic E-state index is 11.6. The Bertz CT molecular complexity index is 504. The van der Waals surface area contributed by atoms with Gasteiger partial charge < -0.3 is 4.74 Å². The third-order valence-electron chi connectivity index (χ3n) is 2.55. The van der Waals surface area contributed by atoms with Crippen LogP contribution in [0, 0.1) is 6.92 Å². The molecule has 1 N–H and O–H groups in total. The van der Waals surface area contributed by atoms with Gasteiger partial charge in [0.15, 0.2) is 0 Å². The van der Waals surface area contributed by atoms with Crippen LogP contribution in [0.15, 0.2) is 12.1 Å². The van der Waals surface area contributed by atoms with Crippen LogP contribution in [0.5, 0.6) is 5.75 Å². The van der Waals surface area contributed by atoms with Gasteiger partial charge in [0.25, 0.3) is 5.24 Å². The number of halogens is 1. The summed E-state index contributed by atoms with van der Waals surface area (Å²) < 4.78 is 5.26. The predicted molar refractivity (Wildman–Crippen MR) is 66.6 cm³/mol. The number of amides is 2. The van der Waals surface area contributed by atoms with Gasteiger partial charge in [0, 0.05) is 16.1 Å². The van der Waals surface area contributed by atoms with Crippen LogP contribution in [0.25, 0.3) is 0 Å². The number of hydrogen-bond donors (Lipinski definition) is 1. The number of imide groups is 1. The molecule has 17 heavy (non-hydrogen) atoms. The molecular weight excluding hydrogens is 262 g/mol. The molecule has 1 aromatic carbocycles. The van der Waals surface area contributed by atoms with Crippen molar-refractivity contribution in [2.75, 3.05) is 7.11 Å². The van der Waals surface area contributed by atoms with Crippen LogP contribution in [0.1, 0.15) is 16.4 Å². The standard InChI is InChI=1S/C11H10ClNO3S/c1-5-7(12)4-3-6(8(5)16-2)9-10(14)13-11(15)17-9/h3-4,9H,1-2H3,(H,13,14,15). The number of benzene rings is 1. The second-order valence-electron chi connectivity index (χ2n) is 3.57. The smallest absolute Gasteiger partial charge is 0.286 e. The lowest BCUT2D eigenvalue weighted by Gasteiger charge is -2.14. The summed E-state index contributed by atoms with van der Waals surface area (Å²) >= 11 is 6.93. The zero-order chi connectivity index (χ0) is 12.6. The Hall–Kier alpha value is -1.20. The Morgan fingerprint density at radius 1 is 1.41 bits per heavy atom. The highest BCUT2D eigenvalue weighted by Gasteiger charge is 2.35. The highest BCUT2D eigenvalue weighted by atomic mass is 35.5. The van der Waals surface area contributed by atoms with E-state index >= 15 is 0 Å². The molecule has 1 saturated heterocycles. The van der Waals surface area contributed by atoms with Gasteiger partial charge in [-0.3, -0.25) is 14.9 Å². The molecule has 1 aliphatic rings. The fourth-order valence-electron chi connectivity index (χ4n) is 1.73. The summed E-state index contributed by atoms with van der Waals surface area (Å²) in [7, 11) is 1.52. The Kier molecular flexibility index (Phi) is 3.31. The molecule has 4 nitrogen and oxygen atoms in total. The second kappa shape index (κ2) is 4.58. The molecular formula is C11H10ClNO3S. The van der Waals surface area contributed by atoms with Crippen molar-refractivity contribution in [1.29, 1.82) is 0 Å². The molecule has 0 aliphatic carbocycles. The number of nitrogens with one attached hydrogen (secondary N) is 1. The fraction of sp³-hybridized carbons (Fsp3) is 0.273. The molecule has 0 radical (unpaired) electrons. The van der Waals surface area contributed by atoms with Crippen molar-refractivity contribution in [3.8, 4) is 5.75 Å². The van der Waals surface area contributed by atoms with Crippen LogP contribution in [0.4, 0.5) is 4.79 Å². The Balaban J connectivity index is 2.49. The summed E-state index contributed by atoms with van der Waals surface area (Å²) in [5, 5.41) is 1.92. The summed E-state index contributed by atoms with van der Waals surface area (Å²) in [5.41, 5.74) is 1.43. The average molecular weight is 272 g/mol. The first kappa shape index (κ1) is 12.3. The molecule has 1 unspecified atom stereocenters. The molecule has 0 saturated carbocycles. The van der Waals surface area contributed by atoms with Gasteiger partial charge in [-0.1, -0.05) is 17.7 Å². The molecule has 2 amide bonds. The number of carbonyl (C=O) groups is 2. The number of hydrogen-bond acceptors (Lipinski definition) is 4. The topological polar surface area (TPSA) is 55.4 Å². The minimum Gasteiger partial charge on any atom is -0.496 e. The minimum absolute atomic E-state index is 0.319. The van der Waals surface area contributed by atoms with Crippen molar-refractivity contribution in [1.82, 2.24) is 5.32 Å². The van der Waals surface area contributed by atoms with E-state index < -0.39 is 5.25 Å². The van der Waals surface area contributed by atoms with E-state index in [1.807, 2.05) is 6.92 Å². The Labute approximate surface area is 108 Å². The Morgan fingerprint density at radius 3 is 2.65 bits per heavy atom. The normalized spacial score (nSPS) is 19.4. The van der Waals surface area contributed by atoms with Gasteiger partial charge >= 0.3 is 0 Å². The van der Waals surface area contributed by atoms with E-state index in [0.717, 1.165) is 17.3 Å². The molecule has 0 aromatic heterocycles. The van der Waals surface area contributed by atoms with Gasteiger partial charge in [0.1, 0.15) is 11.0 Å². The maximum atomic E-state index is 11.6. The number of thioether (sulfide) groups is 1. The summed E-state index contributed by atoms with van der Waals surface area (Å²) in [4.78, 5) is 22.8. The largest absolute Gasteiger partial charge is 0.496 e. The molecule has 1 fully saturated rings. The molecule has 6 heteroatoms. The van der Waals surface area contributed by atoms with Crippen molar-refractivity contribution in [2.24, 2.45) is 0 Å². The highest BCUT2D eigenvalue weighted by molar-refractivity contribution is 8.15. The van der Waals surface area contributed by atoms with Crippen molar-refractivity contribution >= 4 is 34.5 Å². The maximum Gasteiger partial charge on any atom is 0.286 e. The minimum atomic E-state index is -0.562. The quantitative estimate of drug-likeness (QED) is 0.898. The number of rotatable bonds is 2. The fourth-order valence-corrected chi connectivity index (χ4v) is 2.73. The van der Waals surface area contributed by atoms with Crippen LogP contribution in [-0.4, -0.2) is 18.3 Å². The van der Waals surface area contributed by atoms with Crippen molar-refractivity contribution in [3.63, 3.8) is 0 Å². The Morgan fingerprint density at radius 2 is 2.12 bits per heavy atom. The summed E-state index contributed by atoms with van der Waals surface area (Å²) in [6.07, 6.45) is 0. The summed E-state index contributed by atoms with van der Waals surface area (Å²) in [6.45, 7) is 1.81. The van der Waals surface area contributed by atoms with Crippen LogP contribution in [-0.2, 0) is 4.79 Å². The molecule has 1 atom stereocenters. The van der Waals surface area contributed by atoms with E-state index in [2.05, 4.69) is 5.32 Å². The summed E-state index contributed by atoms with van der Waals surface area (Å²) in [6, 6.07) is 3.41. The molecule has 0 bridgehead atoms. The van der Waals surface area contributed by atoms with Gasteiger partial charge in [-0.2, -0.15) is 0 Å². The number of ether oxygens (including phenoxy) is 1. The third-order valence-corrected chi connectivity index (χ3v) is 3.97. The van der Waals surface area contributed by atoms with Gasteiger partial charge in [0.2, 0.25) is 5.91 Å². The van der Waals surface area contributed by atoms with E-state index in [-0.39, 0.29) is 11.1 Å². The van der Waals surface area contributed by atoms with Gasteiger partial charge in [0.05, 0.1) is 7.11 Å². The lowest BCUT2D eigenvalue weighted by Crippen LogP contribution is -2.20. The molecule has 1 aromatic rings. The lowest BCUT2D eigenvalue weighted by atomic mass is 10.1. The van der Waals surface area contributed by atoms with E-state index in [0.29, 0.717) is 16.3 Å². The van der Waals surface area contributed by atoms with Crippen LogP contribution < -0.4 is 10.1 Å². The van der Waals surface area contributed by atoms with Crippen LogP contribution in [0.2, 0.25) is 5.02 Å². The monoisotopic (exact) mass is 271 g/mol. The van der Waals surface area contributed by atoms with Gasteiger partial charge in [-0.25, -0.2) is 0 Å². The highest BCUT2D eigenvalue weighted by Crippen LogP contribution is 2.41. The molecule has 90 valence electrons. The van der Waals surface area contributed by atoms with Crippen molar-refractivity contribution in [2.45, 2.75) is 12.2 Å². The number of carbonyl (C=O) groups excluding carboxylic acids is 2. The van der Waals surface area contributed by atoms with Crippen molar-refractivity contribution in [3.05, 3.63) is 28.3 Å². The molecule has 1 aliphatic heterocycles. The van der Waals surface area contributed by atoms with E-state index in [1.165, 1.54) is 7.11 Å². The van der Waals surface area contributed by atoms with E-state index in [4.69, 9.17) is 16.3 Å².